The summed E-state index contributed by atoms with van der Waals surface area (Å²) < 4.78 is 5.11. The van der Waals surface area contributed by atoms with Crippen molar-refractivity contribution in [3.05, 3.63) is 24.3 Å². The maximum absolute atomic E-state index is 9.16. The minimum atomic E-state index is 0.222. The third kappa shape index (κ3) is 1.84. The number of anilines is 1. The Morgan fingerprint density at radius 3 is 2.69 bits per heavy atom. The van der Waals surface area contributed by atoms with Gasteiger partial charge in [0.25, 0.3) is 11.8 Å². The van der Waals surface area contributed by atoms with Crippen molar-refractivity contribution < 1.29 is 9.63 Å². The molecule has 0 atom stereocenters. The molecule has 0 radical (unpaired) electrons. The zero-order valence-electron chi connectivity index (χ0n) is 8.55. The summed E-state index contributed by atoms with van der Waals surface area (Å²) in [7, 11) is 0. The lowest BCUT2D eigenvalue weighted by Crippen LogP contribution is -2.01. The maximum Gasteiger partial charge on any atom is 0.263 e. The zero-order valence-corrected chi connectivity index (χ0v) is 8.55. The van der Waals surface area contributed by atoms with Crippen LogP contribution in [0.5, 0.6) is 5.75 Å². The third-order valence-corrected chi connectivity index (χ3v) is 2.45. The average Bonchev–Trinajstić information content (AvgIpc) is 2.97. The number of rotatable bonds is 3. The summed E-state index contributed by atoms with van der Waals surface area (Å²) in [5.74, 6) is 1.22. The van der Waals surface area contributed by atoms with Gasteiger partial charge in [0.2, 0.25) is 0 Å². The Morgan fingerprint density at radius 2 is 2.00 bits per heavy atom. The first kappa shape index (κ1) is 9.21. The molecule has 2 N–H and O–H groups in total. The molecule has 0 spiro atoms. The predicted octanol–water partition coefficient (Wildman–Crippen LogP) is 2.02. The molecule has 1 aliphatic rings. The van der Waals surface area contributed by atoms with Crippen molar-refractivity contribution in [2.75, 3.05) is 5.32 Å². The molecule has 5 nitrogen and oxygen atoms in total. The monoisotopic (exact) mass is 217 g/mol. The van der Waals surface area contributed by atoms with Gasteiger partial charge in [-0.25, -0.2) is 0 Å². The molecule has 0 bridgehead atoms. The van der Waals surface area contributed by atoms with Crippen LogP contribution < -0.4 is 5.32 Å². The van der Waals surface area contributed by atoms with Crippen LogP contribution in [0.3, 0.4) is 0 Å². The second kappa shape index (κ2) is 3.52. The van der Waals surface area contributed by atoms with Gasteiger partial charge in [-0.2, -0.15) is 4.98 Å². The summed E-state index contributed by atoms with van der Waals surface area (Å²) in [6.45, 7) is 0. The van der Waals surface area contributed by atoms with Crippen LogP contribution >= 0.6 is 0 Å². The SMILES string of the molecule is Oc1ccc(-c2nc(NC3CC3)no2)cc1. The van der Waals surface area contributed by atoms with E-state index in [0.717, 1.165) is 5.56 Å². The van der Waals surface area contributed by atoms with E-state index in [0.29, 0.717) is 17.9 Å². The van der Waals surface area contributed by atoms with E-state index in [1.807, 2.05) is 0 Å². The molecule has 16 heavy (non-hydrogen) atoms. The van der Waals surface area contributed by atoms with E-state index in [4.69, 9.17) is 9.63 Å². The van der Waals surface area contributed by atoms with Crippen molar-refractivity contribution in [1.29, 1.82) is 0 Å². The van der Waals surface area contributed by atoms with Crippen molar-refractivity contribution in [1.82, 2.24) is 10.1 Å². The average molecular weight is 217 g/mol. The highest BCUT2D eigenvalue weighted by molar-refractivity contribution is 5.55. The van der Waals surface area contributed by atoms with Gasteiger partial charge >= 0.3 is 0 Å². The summed E-state index contributed by atoms with van der Waals surface area (Å²) in [4.78, 5) is 4.22. The normalized spacial score (nSPS) is 15.0. The first-order chi connectivity index (χ1) is 7.81. The minimum absolute atomic E-state index is 0.222. The molecular weight excluding hydrogens is 206 g/mol. The second-order valence-corrected chi connectivity index (χ2v) is 3.89. The first-order valence-corrected chi connectivity index (χ1v) is 5.21. The van der Waals surface area contributed by atoms with Crippen LogP contribution in [0.15, 0.2) is 28.8 Å². The Bertz CT molecular complexity index is 488. The lowest BCUT2D eigenvalue weighted by Gasteiger charge is -1.94. The Balaban J connectivity index is 1.82. The third-order valence-electron chi connectivity index (χ3n) is 2.45. The number of aromatic nitrogens is 2. The molecule has 3 rings (SSSR count). The molecule has 2 aromatic rings. The van der Waals surface area contributed by atoms with Gasteiger partial charge in [0, 0.05) is 11.6 Å². The molecule has 1 aromatic carbocycles. The van der Waals surface area contributed by atoms with E-state index < -0.39 is 0 Å². The van der Waals surface area contributed by atoms with E-state index in [1.165, 1.54) is 12.8 Å². The van der Waals surface area contributed by atoms with Gasteiger partial charge in [-0.15, -0.1) is 0 Å². The van der Waals surface area contributed by atoms with Crippen LogP contribution in [0.2, 0.25) is 0 Å². The molecule has 1 aliphatic carbocycles. The maximum atomic E-state index is 9.16. The van der Waals surface area contributed by atoms with Crippen LogP contribution in [-0.2, 0) is 0 Å². The van der Waals surface area contributed by atoms with Gasteiger partial charge in [-0.1, -0.05) is 0 Å². The number of phenolic OH excluding ortho intramolecular Hbond substituents is 1. The van der Waals surface area contributed by atoms with Gasteiger partial charge in [-0.3, -0.25) is 0 Å². The predicted molar refractivity (Wildman–Crippen MR) is 58.0 cm³/mol. The van der Waals surface area contributed by atoms with Crippen LogP contribution in [0, 0.1) is 0 Å². The lowest BCUT2D eigenvalue weighted by atomic mass is 10.2. The number of phenols is 1. The van der Waals surface area contributed by atoms with Crippen molar-refractivity contribution in [2.45, 2.75) is 18.9 Å². The summed E-state index contributed by atoms with van der Waals surface area (Å²) in [6.07, 6.45) is 2.34. The number of hydrogen-bond acceptors (Lipinski definition) is 5. The minimum Gasteiger partial charge on any atom is -0.508 e. The quantitative estimate of drug-likeness (QED) is 0.822. The molecule has 82 valence electrons. The Morgan fingerprint density at radius 1 is 1.25 bits per heavy atom. The van der Waals surface area contributed by atoms with Gasteiger partial charge in [-0.05, 0) is 42.3 Å². The number of nitrogens with zero attached hydrogens (tertiary/aromatic N) is 2. The molecule has 1 fully saturated rings. The molecule has 1 heterocycles. The van der Waals surface area contributed by atoms with Gasteiger partial charge in [0.05, 0.1) is 0 Å². The number of aromatic hydroxyl groups is 1. The lowest BCUT2D eigenvalue weighted by molar-refractivity contribution is 0.432. The molecule has 0 aliphatic heterocycles. The van der Waals surface area contributed by atoms with Crippen molar-refractivity contribution >= 4 is 5.95 Å². The number of hydrogen-bond donors (Lipinski definition) is 2. The first-order valence-electron chi connectivity index (χ1n) is 5.21. The Hall–Kier alpha value is -2.04. The zero-order chi connectivity index (χ0) is 11.0. The summed E-state index contributed by atoms with van der Waals surface area (Å²) in [5.41, 5.74) is 0.800. The molecule has 0 unspecified atom stereocenters. The topological polar surface area (TPSA) is 71.2 Å². The standard InChI is InChI=1S/C11H11N3O2/c15-9-5-1-7(2-6-9)10-13-11(14-16-10)12-8-3-4-8/h1-2,5-6,8,15H,3-4H2,(H,12,14). The Labute approximate surface area is 92.1 Å². The van der Waals surface area contributed by atoms with E-state index in [1.54, 1.807) is 24.3 Å². The molecule has 1 saturated carbocycles. The van der Waals surface area contributed by atoms with Crippen molar-refractivity contribution in [2.24, 2.45) is 0 Å². The summed E-state index contributed by atoms with van der Waals surface area (Å²) in [6, 6.07) is 7.17. The van der Waals surface area contributed by atoms with Crippen LogP contribution in [-0.4, -0.2) is 21.3 Å². The van der Waals surface area contributed by atoms with Gasteiger partial charge in [0.1, 0.15) is 5.75 Å². The molecular formula is C11H11N3O2. The van der Waals surface area contributed by atoms with Crippen LogP contribution in [0.25, 0.3) is 11.5 Å². The highest BCUT2D eigenvalue weighted by atomic mass is 16.5. The summed E-state index contributed by atoms with van der Waals surface area (Å²) in [5, 5.41) is 16.1. The molecule has 0 amide bonds. The number of benzene rings is 1. The van der Waals surface area contributed by atoms with Gasteiger partial charge in [0.15, 0.2) is 0 Å². The fourth-order valence-corrected chi connectivity index (χ4v) is 1.41. The van der Waals surface area contributed by atoms with E-state index >= 15 is 0 Å². The Kier molecular flexibility index (Phi) is 2.02. The smallest absolute Gasteiger partial charge is 0.263 e. The van der Waals surface area contributed by atoms with Crippen molar-refractivity contribution in [3.63, 3.8) is 0 Å². The van der Waals surface area contributed by atoms with Gasteiger partial charge < -0.3 is 14.9 Å². The van der Waals surface area contributed by atoms with Crippen molar-refractivity contribution in [3.8, 4) is 17.2 Å². The molecule has 0 saturated heterocycles. The largest absolute Gasteiger partial charge is 0.508 e. The van der Waals surface area contributed by atoms with E-state index in [2.05, 4.69) is 15.5 Å². The summed E-state index contributed by atoms with van der Waals surface area (Å²) >= 11 is 0. The molecule has 5 heteroatoms. The molecule has 1 aromatic heterocycles. The second-order valence-electron chi connectivity index (χ2n) is 3.89. The van der Waals surface area contributed by atoms with Crippen LogP contribution in [0.4, 0.5) is 5.95 Å². The fraction of sp³-hybridized carbons (Fsp3) is 0.273. The highest BCUT2D eigenvalue weighted by Gasteiger charge is 2.23. The number of nitrogens with one attached hydrogen (secondary N) is 1. The fourth-order valence-electron chi connectivity index (χ4n) is 1.41. The highest BCUT2D eigenvalue weighted by Crippen LogP contribution is 2.25. The van der Waals surface area contributed by atoms with Crippen LogP contribution in [0.1, 0.15) is 12.8 Å². The van der Waals surface area contributed by atoms with E-state index in [-0.39, 0.29) is 5.75 Å². The van der Waals surface area contributed by atoms with E-state index in [9.17, 15) is 0 Å².